The van der Waals surface area contributed by atoms with Crippen molar-refractivity contribution in [3.63, 3.8) is 0 Å². The standard InChI is InChI=1S/C16H18BrNO2S/c1-12-4-5-14(13(2)10-12)11-18(3)21(19,20)16-8-6-15(17)7-9-16/h4-10H,11H2,1-3H3. The highest BCUT2D eigenvalue weighted by Crippen LogP contribution is 2.20. The second-order valence-electron chi connectivity index (χ2n) is 5.14. The normalized spacial score (nSPS) is 11.9. The van der Waals surface area contributed by atoms with Crippen molar-refractivity contribution in [3.05, 3.63) is 63.6 Å². The Morgan fingerprint density at radius 2 is 1.67 bits per heavy atom. The van der Waals surface area contributed by atoms with Crippen molar-refractivity contribution in [3.8, 4) is 0 Å². The average Bonchev–Trinajstić information content (AvgIpc) is 2.42. The van der Waals surface area contributed by atoms with Gasteiger partial charge in [0.15, 0.2) is 0 Å². The minimum absolute atomic E-state index is 0.304. The van der Waals surface area contributed by atoms with E-state index < -0.39 is 10.0 Å². The Morgan fingerprint density at radius 3 is 2.24 bits per heavy atom. The Bertz CT molecular complexity index is 739. The first-order chi connectivity index (χ1) is 9.80. The van der Waals surface area contributed by atoms with E-state index in [0.717, 1.165) is 15.6 Å². The van der Waals surface area contributed by atoms with Crippen LogP contribution in [0.4, 0.5) is 0 Å². The van der Waals surface area contributed by atoms with Gasteiger partial charge in [-0.15, -0.1) is 0 Å². The number of hydrogen-bond donors (Lipinski definition) is 0. The molecule has 112 valence electrons. The highest BCUT2D eigenvalue weighted by Gasteiger charge is 2.21. The lowest BCUT2D eigenvalue weighted by Crippen LogP contribution is -2.26. The van der Waals surface area contributed by atoms with Crippen LogP contribution in [0.15, 0.2) is 51.8 Å². The summed E-state index contributed by atoms with van der Waals surface area (Å²) in [6, 6.07) is 12.7. The smallest absolute Gasteiger partial charge is 0.207 e. The number of nitrogens with zero attached hydrogens (tertiary/aromatic N) is 1. The molecular weight excluding hydrogens is 350 g/mol. The van der Waals surface area contributed by atoms with Gasteiger partial charge in [0.25, 0.3) is 0 Å². The molecule has 0 spiro atoms. The van der Waals surface area contributed by atoms with Gasteiger partial charge in [0, 0.05) is 18.1 Å². The molecule has 0 aliphatic rings. The lowest BCUT2D eigenvalue weighted by atomic mass is 10.1. The molecule has 0 unspecified atom stereocenters. The summed E-state index contributed by atoms with van der Waals surface area (Å²) in [6.07, 6.45) is 0. The van der Waals surface area contributed by atoms with Crippen LogP contribution >= 0.6 is 15.9 Å². The molecule has 0 aliphatic carbocycles. The Kier molecular flexibility index (Phi) is 4.86. The summed E-state index contributed by atoms with van der Waals surface area (Å²) in [5, 5.41) is 0. The number of halogens is 1. The summed E-state index contributed by atoms with van der Waals surface area (Å²) < 4.78 is 27.3. The van der Waals surface area contributed by atoms with Gasteiger partial charge in [-0.25, -0.2) is 8.42 Å². The number of rotatable bonds is 4. The molecule has 21 heavy (non-hydrogen) atoms. The van der Waals surface area contributed by atoms with Crippen LogP contribution in [0.2, 0.25) is 0 Å². The highest BCUT2D eigenvalue weighted by molar-refractivity contribution is 9.10. The molecule has 2 rings (SSSR count). The van der Waals surface area contributed by atoms with Crippen molar-refractivity contribution >= 4 is 26.0 Å². The van der Waals surface area contributed by atoms with E-state index in [-0.39, 0.29) is 0 Å². The van der Waals surface area contributed by atoms with E-state index in [9.17, 15) is 8.42 Å². The maximum absolute atomic E-state index is 12.5. The average molecular weight is 368 g/mol. The molecule has 0 N–H and O–H groups in total. The molecule has 0 saturated carbocycles. The molecule has 0 saturated heterocycles. The molecule has 0 heterocycles. The van der Waals surface area contributed by atoms with Crippen LogP contribution in [-0.2, 0) is 16.6 Å². The first-order valence-electron chi connectivity index (χ1n) is 6.59. The van der Waals surface area contributed by atoms with Crippen LogP contribution in [0.3, 0.4) is 0 Å². The van der Waals surface area contributed by atoms with Crippen LogP contribution in [0.5, 0.6) is 0 Å². The van der Waals surface area contributed by atoms with Gasteiger partial charge in [-0.05, 0) is 49.2 Å². The van der Waals surface area contributed by atoms with Crippen LogP contribution in [0.1, 0.15) is 16.7 Å². The van der Waals surface area contributed by atoms with Crippen molar-refractivity contribution in [2.24, 2.45) is 0 Å². The Balaban J connectivity index is 2.26. The lowest BCUT2D eigenvalue weighted by Gasteiger charge is -2.18. The van der Waals surface area contributed by atoms with E-state index in [4.69, 9.17) is 0 Å². The Labute approximate surface area is 134 Å². The fourth-order valence-electron chi connectivity index (χ4n) is 2.13. The summed E-state index contributed by atoms with van der Waals surface area (Å²) in [7, 11) is -1.86. The Morgan fingerprint density at radius 1 is 1.05 bits per heavy atom. The lowest BCUT2D eigenvalue weighted by molar-refractivity contribution is 0.466. The monoisotopic (exact) mass is 367 g/mol. The van der Waals surface area contributed by atoms with Gasteiger partial charge < -0.3 is 0 Å². The van der Waals surface area contributed by atoms with Gasteiger partial charge in [0.05, 0.1) is 4.90 Å². The van der Waals surface area contributed by atoms with Crippen LogP contribution < -0.4 is 0 Å². The zero-order valence-electron chi connectivity index (χ0n) is 12.3. The van der Waals surface area contributed by atoms with Crippen molar-refractivity contribution in [2.45, 2.75) is 25.3 Å². The fraction of sp³-hybridized carbons (Fsp3) is 0.250. The number of aryl methyl sites for hydroxylation is 2. The fourth-order valence-corrected chi connectivity index (χ4v) is 3.55. The van der Waals surface area contributed by atoms with E-state index >= 15 is 0 Å². The molecule has 0 amide bonds. The molecule has 0 bridgehead atoms. The molecular formula is C16H18BrNO2S. The molecule has 0 aromatic heterocycles. The van der Waals surface area contributed by atoms with E-state index in [1.165, 1.54) is 9.87 Å². The van der Waals surface area contributed by atoms with Crippen molar-refractivity contribution in [1.82, 2.24) is 4.31 Å². The van der Waals surface area contributed by atoms with Crippen molar-refractivity contribution in [2.75, 3.05) is 7.05 Å². The van der Waals surface area contributed by atoms with Gasteiger partial charge in [0.1, 0.15) is 0 Å². The predicted octanol–water partition coefficient (Wildman–Crippen LogP) is 3.89. The zero-order valence-corrected chi connectivity index (χ0v) is 14.7. The minimum atomic E-state index is -3.47. The molecule has 0 atom stereocenters. The largest absolute Gasteiger partial charge is 0.243 e. The molecule has 5 heteroatoms. The second-order valence-corrected chi connectivity index (χ2v) is 8.11. The third kappa shape index (κ3) is 3.73. The summed E-state index contributed by atoms with van der Waals surface area (Å²) in [4.78, 5) is 0.304. The maximum atomic E-state index is 12.5. The molecule has 0 aliphatic heterocycles. The van der Waals surface area contributed by atoms with Crippen LogP contribution in [0.25, 0.3) is 0 Å². The molecule has 2 aromatic rings. The van der Waals surface area contributed by atoms with E-state index in [2.05, 4.69) is 22.0 Å². The summed E-state index contributed by atoms with van der Waals surface area (Å²) in [5.41, 5.74) is 3.30. The van der Waals surface area contributed by atoms with Crippen LogP contribution in [0, 0.1) is 13.8 Å². The Hall–Kier alpha value is -1.17. The number of hydrogen-bond acceptors (Lipinski definition) is 2. The number of benzene rings is 2. The van der Waals surface area contributed by atoms with E-state index in [1.807, 2.05) is 26.0 Å². The predicted molar refractivity (Wildman–Crippen MR) is 88.7 cm³/mol. The summed E-state index contributed by atoms with van der Waals surface area (Å²) in [6.45, 7) is 4.39. The van der Waals surface area contributed by atoms with Gasteiger partial charge in [-0.2, -0.15) is 4.31 Å². The quantitative estimate of drug-likeness (QED) is 0.821. The van der Waals surface area contributed by atoms with Gasteiger partial charge in [-0.3, -0.25) is 0 Å². The van der Waals surface area contributed by atoms with Crippen molar-refractivity contribution in [1.29, 1.82) is 0 Å². The topological polar surface area (TPSA) is 37.4 Å². The highest BCUT2D eigenvalue weighted by atomic mass is 79.9. The minimum Gasteiger partial charge on any atom is -0.207 e. The first kappa shape index (κ1) is 16.2. The summed E-state index contributed by atoms with van der Waals surface area (Å²) in [5.74, 6) is 0. The molecule has 3 nitrogen and oxygen atoms in total. The van der Waals surface area contributed by atoms with Gasteiger partial charge in [-0.1, -0.05) is 39.7 Å². The first-order valence-corrected chi connectivity index (χ1v) is 8.82. The third-order valence-corrected chi connectivity index (χ3v) is 5.76. The number of sulfonamides is 1. The second kappa shape index (κ2) is 6.30. The summed E-state index contributed by atoms with van der Waals surface area (Å²) >= 11 is 3.31. The maximum Gasteiger partial charge on any atom is 0.243 e. The SMILES string of the molecule is Cc1ccc(CN(C)S(=O)(=O)c2ccc(Br)cc2)c(C)c1. The van der Waals surface area contributed by atoms with Crippen molar-refractivity contribution < 1.29 is 8.42 Å². The van der Waals surface area contributed by atoms with E-state index in [1.54, 1.807) is 31.3 Å². The van der Waals surface area contributed by atoms with Gasteiger partial charge >= 0.3 is 0 Å². The van der Waals surface area contributed by atoms with Gasteiger partial charge in [0.2, 0.25) is 10.0 Å². The molecule has 0 fully saturated rings. The van der Waals surface area contributed by atoms with E-state index in [0.29, 0.717) is 11.4 Å². The molecule has 2 aromatic carbocycles. The van der Waals surface area contributed by atoms with Crippen LogP contribution in [-0.4, -0.2) is 19.8 Å². The third-order valence-electron chi connectivity index (χ3n) is 3.41. The molecule has 0 radical (unpaired) electrons. The zero-order chi connectivity index (χ0) is 15.6.